The standard InChI is InChI=1S/C15H12ClN3OS/c1-8-7-9(2)17-13-12(8)21-15(18-13)19-14(20)10-5-3-4-6-11(10)16/h3-7H,1-2H3,(H,17,18,19,20). The van der Waals surface area contributed by atoms with Crippen LogP contribution in [0.25, 0.3) is 10.3 Å². The Morgan fingerprint density at radius 2 is 2.00 bits per heavy atom. The van der Waals surface area contributed by atoms with E-state index in [9.17, 15) is 4.79 Å². The van der Waals surface area contributed by atoms with Crippen molar-refractivity contribution in [1.29, 1.82) is 0 Å². The van der Waals surface area contributed by atoms with Crippen molar-refractivity contribution in [1.82, 2.24) is 9.97 Å². The second kappa shape index (κ2) is 5.42. The molecule has 106 valence electrons. The third-order valence-electron chi connectivity index (χ3n) is 3.01. The monoisotopic (exact) mass is 317 g/mol. The Balaban J connectivity index is 1.94. The predicted molar refractivity (Wildman–Crippen MR) is 86.3 cm³/mol. The first-order valence-corrected chi connectivity index (χ1v) is 7.54. The smallest absolute Gasteiger partial charge is 0.258 e. The summed E-state index contributed by atoms with van der Waals surface area (Å²) in [6.45, 7) is 3.93. The second-order valence-corrected chi connectivity index (χ2v) is 6.09. The number of anilines is 1. The van der Waals surface area contributed by atoms with Crippen LogP contribution < -0.4 is 5.32 Å². The average molecular weight is 318 g/mol. The second-order valence-electron chi connectivity index (χ2n) is 4.69. The van der Waals surface area contributed by atoms with Gasteiger partial charge in [-0.2, -0.15) is 4.98 Å². The number of aryl methyl sites for hydroxylation is 2. The molecule has 4 nitrogen and oxygen atoms in total. The van der Waals surface area contributed by atoms with Gasteiger partial charge < -0.3 is 0 Å². The molecule has 0 unspecified atom stereocenters. The number of hydrogen-bond acceptors (Lipinski definition) is 4. The number of pyridine rings is 1. The van der Waals surface area contributed by atoms with Gasteiger partial charge in [0.15, 0.2) is 10.8 Å². The van der Waals surface area contributed by atoms with E-state index in [0.29, 0.717) is 21.4 Å². The van der Waals surface area contributed by atoms with Crippen molar-refractivity contribution in [3.63, 3.8) is 0 Å². The van der Waals surface area contributed by atoms with E-state index in [1.165, 1.54) is 11.3 Å². The van der Waals surface area contributed by atoms with Crippen molar-refractivity contribution < 1.29 is 4.79 Å². The summed E-state index contributed by atoms with van der Waals surface area (Å²) in [5.41, 5.74) is 3.11. The Labute approximate surface area is 130 Å². The van der Waals surface area contributed by atoms with Gasteiger partial charge in [-0.3, -0.25) is 10.1 Å². The highest BCUT2D eigenvalue weighted by molar-refractivity contribution is 7.22. The lowest BCUT2D eigenvalue weighted by Gasteiger charge is -2.02. The van der Waals surface area contributed by atoms with Gasteiger partial charge >= 0.3 is 0 Å². The molecule has 0 aliphatic rings. The molecule has 0 aliphatic heterocycles. The summed E-state index contributed by atoms with van der Waals surface area (Å²) >= 11 is 7.43. The Kier molecular flexibility index (Phi) is 3.61. The van der Waals surface area contributed by atoms with Gasteiger partial charge in [0, 0.05) is 5.69 Å². The SMILES string of the molecule is Cc1cc(C)c2sc(NC(=O)c3ccccc3Cl)nc2n1. The number of hydrogen-bond donors (Lipinski definition) is 1. The van der Waals surface area contributed by atoms with Gasteiger partial charge in [-0.15, -0.1) is 0 Å². The maximum absolute atomic E-state index is 12.2. The Morgan fingerprint density at radius 3 is 2.76 bits per heavy atom. The molecule has 0 saturated carbocycles. The fourth-order valence-corrected chi connectivity index (χ4v) is 3.18. The zero-order valence-electron chi connectivity index (χ0n) is 11.5. The molecule has 3 aromatic rings. The Morgan fingerprint density at radius 1 is 1.24 bits per heavy atom. The lowest BCUT2D eigenvalue weighted by Crippen LogP contribution is -2.12. The van der Waals surface area contributed by atoms with Crippen LogP contribution in [0.1, 0.15) is 21.6 Å². The summed E-state index contributed by atoms with van der Waals surface area (Å²) in [4.78, 5) is 21.0. The minimum absolute atomic E-state index is 0.269. The van der Waals surface area contributed by atoms with Gasteiger partial charge in [0.05, 0.1) is 15.3 Å². The molecular weight excluding hydrogens is 306 g/mol. The maximum Gasteiger partial charge on any atom is 0.258 e. The van der Waals surface area contributed by atoms with Crippen LogP contribution in [-0.4, -0.2) is 15.9 Å². The van der Waals surface area contributed by atoms with Crippen molar-refractivity contribution in [3.8, 4) is 0 Å². The van der Waals surface area contributed by atoms with E-state index >= 15 is 0 Å². The van der Waals surface area contributed by atoms with E-state index in [4.69, 9.17) is 11.6 Å². The number of carbonyl (C=O) groups excluding carboxylic acids is 1. The number of nitrogens with one attached hydrogen (secondary N) is 1. The van der Waals surface area contributed by atoms with E-state index in [0.717, 1.165) is 16.0 Å². The molecule has 3 rings (SSSR count). The zero-order valence-corrected chi connectivity index (χ0v) is 13.0. The van der Waals surface area contributed by atoms with Crippen molar-refractivity contribution in [3.05, 3.63) is 52.2 Å². The van der Waals surface area contributed by atoms with Crippen LogP contribution in [0, 0.1) is 13.8 Å². The Hall–Kier alpha value is -1.98. The highest BCUT2D eigenvalue weighted by Crippen LogP contribution is 2.28. The number of aromatic nitrogens is 2. The lowest BCUT2D eigenvalue weighted by atomic mass is 10.2. The first-order chi connectivity index (χ1) is 10.0. The third kappa shape index (κ3) is 2.75. The largest absolute Gasteiger partial charge is 0.298 e. The molecule has 0 spiro atoms. The number of nitrogens with zero attached hydrogens (tertiary/aromatic N) is 2. The maximum atomic E-state index is 12.2. The van der Waals surface area contributed by atoms with Gasteiger partial charge in [0.1, 0.15) is 0 Å². The van der Waals surface area contributed by atoms with Gasteiger partial charge in [0.25, 0.3) is 5.91 Å². The molecule has 0 radical (unpaired) electrons. The molecule has 2 aromatic heterocycles. The molecule has 21 heavy (non-hydrogen) atoms. The van der Waals surface area contributed by atoms with E-state index in [1.807, 2.05) is 19.9 Å². The lowest BCUT2D eigenvalue weighted by molar-refractivity contribution is 0.102. The fraction of sp³-hybridized carbons (Fsp3) is 0.133. The number of amides is 1. The molecule has 0 atom stereocenters. The van der Waals surface area contributed by atoms with Crippen LogP contribution in [0.3, 0.4) is 0 Å². The van der Waals surface area contributed by atoms with E-state index < -0.39 is 0 Å². The summed E-state index contributed by atoms with van der Waals surface area (Å²) in [6.07, 6.45) is 0. The number of thiazole rings is 1. The topological polar surface area (TPSA) is 54.9 Å². The summed E-state index contributed by atoms with van der Waals surface area (Å²) in [5, 5.41) is 3.72. The van der Waals surface area contributed by atoms with Crippen LogP contribution >= 0.6 is 22.9 Å². The van der Waals surface area contributed by atoms with Crippen LogP contribution in [0.5, 0.6) is 0 Å². The Bertz CT molecular complexity index is 844. The predicted octanol–water partition coefficient (Wildman–Crippen LogP) is 4.21. The molecule has 1 N–H and O–H groups in total. The molecular formula is C15H12ClN3OS. The van der Waals surface area contributed by atoms with Crippen molar-refractivity contribution in [2.45, 2.75) is 13.8 Å². The highest BCUT2D eigenvalue weighted by Gasteiger charge is 2.14. The molecule has 0 bridgehead atoms. The van der Waals surface area contributed by atoms with Crippen LogP contribution in [0.2, 0.25) is 5.02 Å². The minimum Gasteiger partial charge on any atom is -0.298 e. The van der Waals surface area contributed by atoms with E-state index in [1.54, 1.807) is 24.3 Å². The van der Waals surface area contributed by atoms with Crippen molar-refractivity contribution in [2.75, 3.05) is 5.32 Å². The summed E-state index contributed by atoms with van der Waals surface area (Å²) in [7, 11) is 0. The number of benzene rings is 1. The van der Waals surface area contributed by atoms with Gasteiger partial charge in [-0.05, 0) is 37.6 Å². The zero-order chi connectivity index (χ0) is 15.0. The highest BCUT2D eigenvalue weighted by atomic mass is 35.5. The van der Waals surface area contributed by atoms with Gasteiger partial charge in [-0.1, -0.05) is 35.1 Å². The summed E-state index contributed by atoms with van der Waals surface area (Å²) in [6, 6.07) is 8.92. The molecule has 1 aromatic carbocycles. The average Bonchev–Trinajstić information content (AvgIpc) is 2.81. The molecule has 6 heteroatoms. The van der Waals surface area contributed by atoms with Crippen LogP contribution in [0.4, 0.5) is 5.13 Å². The van der Waals surface area contributed by atoms with Crippen molar-refractivity contribution >= 4 is 44.3 Å². The number of rotatable bonds is 2. The first-order valence-electron chi connectivity index (χ1n) is 6.35. The number of fused-ring (bicyclic) bond motifs is 1. The molecule has 1 amide bonds. The van der Waals surface area contributed by atoms with Crippen molar-refractivity contribution in [2.24, 2.45) is 0 Å². The van der Waals surface area contributed by atoms with E-state index in [2.05, 4.69) is 15.3 Å². The number of halogens is 1. The van der Waals surface area contributed by atoms with Crippen LogP contribution in [0.15, 0.2) is 30.3 Å². The quantitative estimate of drug-likeness (QED) is 0.770. The van der Waals surface area contributed by atoms with Gasteiger partial charge in [0.2, 0.25) is 0 Å². The fourth-order valence-electron chi connectivity index (χ4n) is 2.09. The molecule has 0 aliphatic carbocycles. The molecule has 0 fully saturated rings. The van der Waals surface area contributed by atoms with Gasteiger partial charge in [-0.25, -0.2) is 4.98 Å². The minimum atomic E-state index is -0.269. The molecule has 2 heterocycles. The normalized spacial score (nSPS) is 10.8. The first kappa shape index (κ1) is 14.0. The third-order valence-corrected chi connectivity index (χ3v) is 4.44. The summed E-state index contributed by atoms with van der Waals surface area (Å²) < 4.78 is 0.982. The molecule has 0 saturated heterocycles. The van der Waals surface area contributed by atoms with E-state index in [-0.39, 0.29) is 5.91 Å². The summed E-state index contributed by atoms with van der Waals surface area (Å²) in [5.74, 6) is -0.269. The van der Waals surface area contributed by atoms with Crippen LogP contribution in [-0.2, 0) is 0 Å². The number of carbonyl (C=O) groups is 1.